The molecule has 1 N–H and O–H groups in total. The number of aryl methyl sites for hydroxylation is 3. The van der Waals surface area contributed by atoms with E-state index in [-0.39, 0.29) is 0 Å². The van der Waals surface area contributed by atoms with Crippen molar-refractivity contribution in [3.05, 3.63) is 58.7 Å². The molecule has 2 nitrogen and oxygen atoms in total. The van der Waals surface area contributed by atoms with Crippen LogP contribution in [0.1, 0.15) is 22.3 Å². The fourth-order valence-electron chi connectivity index (χ4n) is 2.27. The van der Waals surface area contributed by atoms with E-state index in [4.69, 9.17) is 4.74 Å². The van der Waals surface area contributed by atoms with Gasteiger partial charge in [-0.25, -0.2) is 0 Å². The highest BCUT2D eigenvalue weighted by Gasteiger charge is 2.05. The molecule has 100 valence electrons. The van der Waals surface area contributed by atoms with Crippen LogP contribution in [0.4, 0.5) is 5.69 Å². The summed E-state index contributed by atoms with van der Waals surface area (Å²) >= 11 is 0. The van der Waals surface area contributed by atoms with E-state index < -0.39 is 0 Å². The van der Waals surface area contributed by atoms with Crippen molar-refractivity contribution >= 4 is 5.69 Å². The molecular formula is C17H21NO. The van der Waals surface area contributed by atoms with Crippen LogP contribution in [0.15, 0.2) is 36.4 Å². The van der Waals surface area contributed by atoms with Gasteiger partial charge < -0.3 is 10.1 Å². The summed E-state index contributed by atoms with van der Waals surface area (Å²) in [6, 6.07) is 12.6. The minimum absolute atomic E-state index is 0.818. The Kier molecular flexibility index (Phi) is 4.10. The number of hydrogen-bond acceptors (Lipinski definition) is 2. The third-order valence-electron chi connectivity index (χ3n) is 3.46. The summed E-state index contributed by atoms with van der Waals surface area (Å²) in [4.78, 5) is 0. The van der Waals surface area contributed by atoms with E-state index in [9.17, 15) is 0 Å². The lowest BCUT2D eigenvalue weighted by molar-refractivity contribution is 0.416. The molecule has 0 aliphatic carbocycles. The van der Waals surface area contributed by atoms with Gasteiger partial charge in [0.2, 0.25) is 0 Å². The molecule has 2 heteroatoms. The Morgan fingerprint density at radius 2 is 1.68 bits per heavy atom. The minimum Gasteiger partial charge on any atom is -0.495 e. The quantitative estimate of drug-likeness (QED) is 0.882. The van der Waals surface area contributed by atoms with Crippen molar-refractivity contribution in [2.75, 3.05) is 12.4 Å². The summed E-state index contributed by atoms with van der Waals surface area (Å²) in [7, 11) is 1.70. The van der Waals surface area contributed by atoms with Crippen molar-refractivity contribution in [2.45, 2.75) is 27.3 Å². The van der Waals surface area contributed by atoms with Gasteiger partial charge in [-0.15, -0.1) is 0 Å². The van der Waals surface area contributed by atoms with Crippen molar-refractivity contribution in [2.24, 2.45) is 0 Å². The molecule has 0 heterocycles. The van der Waals surface area contributed by atoms with E-state index >= 15 is 0 Å². The van der Waals surface area contributed by atoms with Gasteiger partial charge in [-0.3, -0.25) is 0 Å². The Morgan fingerprint density at radius 1 is 1.00 bits per heavy atom. The van der Waals surface area contributed by atoms with Gasteiger partial charge in [0.1, 0.15) is 5.75 Å². The van der Waals surface area contributed by atoms with Gasteiger partial charge in [-0.1, -0.05) is 24.3 Å². The summed E-state index contributed by atoms with van der Waals surface area (Å²) in [5.74, 6) is 0.886. The van der Waals surface area contributed by atoms with Gasteiger partial charge in [0, 0.05) is 6.54 Å². The lowest BCUT2D eigenvalue weighted by atomic mass is 10.0. The molecule has 0 fully saturated rings. The predicted molar refractivity (Wildman–Crippen MR) is 81.0 cm³/mol. The molecule has 2 aromatic rings. The molecular weight excluding hydrogens is 234 g/mol. The monoisotopic (exact) mass is 255 g/mol. The highest BCUT2D eigenvalue weighted by molar-refractivity contribution is 5.58. The van der Waals surface area contributed by atoms with Gasteiger partial charge in [0.25, 0.3) is 0 Å². The van der Waals surface area contributed by atoms with Crippen LogP contribution in [-0.2, 0) is 6.54 Å². The number of anilines is 1. The second kappa shape index (κ2) is 5.79. The molecule has 0 unspecified atom stereocenters. The Morgan fingerprint density at radius 3 is 2.32 bits per heavy atom. The van der Waals surface area contributed by atoms with Crippen LogP contribution >= 0.6 is 0 Å². The molecule has 0 radical (unpaired) electrons. The molecule has 0 aromatic heterocycles. The van der Waals surface area contributed by atoms with Crippen LogP contribution in [0.25, 0.3) is 0 Å². The summed E-state index contributed by atoms with van der Waals surface area (Å²) < 4.78 is 5.39. The largest absolute Gasteiger partial charge is 0.495 e. The van der Waals surface area contributed by atoms with Crippen LogP contribution in [0.3, 0.4) is 0 Å². The SMILES string of the molecule is COc1ccc(C)cc1NCc1c(C)cccc1C. The minimum atomic E-state index is 0.818. The topological polar surface area (TPSA) is 21.3 Å². The molecule has 0 atom stereocenters. The fourth-order valence-corrected chi connectivity index (χ4v) is 2.27. The summed E-state index contributed by atoms with van der Waals surface area (Å²) in [6.07, 6.45) is 0. The van der Waals surface area contributed by atoms with Crippen molar-refractivity contribution in [1.29, 1.82) is 0 Å². The van der Waals surface area contributed by atoms with Gasteiger partial charge in [0.05, 0.1) is 12.8 Å². The Labute approximate surface area is 115 Å². The van der Waals surface area contributed by atoms with E-state index in [2.05, 4.69) is 56.4 Å². The van der Waals surface area contributed by atoms with Crippen molar-refractivity contribution in [3.63, 3.8) is 0 Å². The number of methoxy groups -OCH3 is 1. The zero-order valence-electron chi connectivity index (χ0n) is 12.1. The molecule has 2 aromatic carbocycles. The van der Waals surface area contributed by atoms with Gasteiger partial charge in [-0.2, -0.15) is 0 Å². The first-order valence-electron chi connectivity index (χ1n) is 6.55. The van der Waals surface area contributed by atoms with Crippen LogP contribution in [-0.4, -0.2) is 7.11 Å². The first-order valence-corrected chi connectivity index (χ1v) is 6.55. The maximum atomic E-state index is 5.39. The van der Waals surface area contributed by atoms with E-state index in [0.717, 1.165) is 18.0 Å². The first kappa shape index (κ1) is 13.5. The van der Waals surface area contributed by atoms with E-state index in [0.29, 0.717) is 0 Å². The maximum Gasteiger partial charge on any atom is 0.141 e. The van der Waals surface area contributed by atoms with Gasteiger partial charge in [-0.05, 0) is 55.2 Å². The Balaban J connectivity index is 2.21. The zero-order chi connectivity index (χ0) is 13.8. The van der Waals surface area contributed by atoms with Crippen LogP contribution in [0.2, 0.25) is 0 Å². The van der Waals surface area contributed by atoms with Crippen molar-refractivity contribution in [3.8, 4) is 5.75 Å². The van der Waals surface area contributed by atoms with Gasteiger partial charge in [0.15, 0.2) is 0 Å². The first-order chi connectivity index (χ1) is 9.11. The van der Waals surface area contributed by atoms with Crippen LogP contribution in [0.5, 0.6) is 5.75 Å². The van der Waals surface area contributed by atoms with Crippen LogP contribution in [0, 0.1) is 20.8 Å². The molecule has 0 spiro atoms. The molecule has 2 rings (SSSR count). The Hall–Kier alpha value is -1.96. The number of hydrogen-bond donors (Lipinski definition) is 1. The molecule has 0 aliphatic heterocycles. The lowest BCUT2D eigenvalue weighted by Gasteiger charge is -2.14. The lowest BCUT2D eigenvalue weighted by Crippen LogP contribution is -2.05. The second-order valence-corrected chi connectivity index (χ2v) is 4.93. The van der Waals surface area contributed by atoms with Crippen molar-refractivity contribution in [1.82, 2.24) is 0 Å². The Bertz CT molecular complexity index is 555. The zero-order valence-corrected chi connectivity index (χ0v) is 12.1. The summed E-state index contributed by atoms with van der Waals surface area (Å²) in [6.45, 7) is 7.21. The summed E-state index contributed by atoms with van der Waals surface area (Å²) in [5.41, 5.74) is 6.26. The molecule has 0 saturated heterocycles. The molecule has 0 saturated carbocycles. The highest BCUT2D eigenvalue weighted by atomic mass is 16.5. The summed E-state index contributed by atoms with van der Waals surface area (Å²) in [5, 5.41) is 3.48. The van der Waals surface area contributed by atoms with E-state index in [1.54, 1.807) is 7.11 Å². The standard InChI is InChI=1S/C17H21NO/c1-12-8-9-17(19-4)16(10-12)18-11-15-13(2)6-5-7-14(15)3/h5-10,18H,11H2,1-4H3. The average molecular weight is 255 g/mol. The fraction of sp³-hybridized carbons (Fsp3) is 0.294. The predicted octanol–water partition coefficient (Wildman–Crippen LogP) is 4.23. The van der Waals surface area contributed by atoms with E-state index in [1.165, 1.54) is 22.3 Å². The number of nitrogens with one attached hydrogen (secondary N) is 1. The van der Waals surface area contributed by atoms with E-state index in [1.807, 2.05) is 6.07 Å². The van der Waals surface area contributed by atoms with Crippen LogP contribution < -0.4 is 10.1 Å². The number of ether oxygens (including phenoxy) is 1. The third-order valence-corrected chi connectivity index (χ3v) is 3.46. The average Bonchev–Trinajstić information content (AvgIpc) is 2.38. The normalized spacial score (nSPS) is 10.3. The number of benzene rings is 2. The number of rotatable bonds is 4. The molecule has 19 heavy (non-hydrogen) atoms. The highest BCUT2D eigenvalue weighted by Crippen LogP contribution is 2.26. The second-order valence-electron chi connectivity index (χ2n) is 4.93. The smallest absolute Gasteiger partial charge is 0.141 e. The van der Waals surface area contributed by atoms with Gasteiger partial charge >= 0.3 is 0 Å². The molecule has 0 amide bonds. The maximum absolute atomic E-state index is 5.39. The molecule has 0 bridgehead atoms. The molecule has 0 aliphatic rings. The third kappa shape index (κ3) is 3.08. The van der Waals surface area contributed by atoms with Crippen molar-refractivity contribution < 1.29 is 4.74 Å².